The molecule has 2 rings (SSSR count). The van der Waals surface area contributed by atoms with Gasteiger partial charge >= 0.3 is 0 Å². The molecule has 0 atom stereocenters. The van der Waals surface area contributed by atoms with Crippen LogP contribution in [-0.4, -0.2) is 29.5 Å². The monoisotopic (exact) mass is 319 g/mol. The van der Waals surface area contributed by atoms with E-state index in [1.54, 1.807) is 0 Å². The fourth-order valence-corrected chi connectivity index (χ4v) is 2.96. The van der Waals surface area contributed by atoms with Gasteiger partial charge in [-0.2, -0.15) is 0 Å². The second kappa shape index (κ2) is 8.50. The second-order valence-electron chi connectivity index (χ2n) is 6.07. The van der Waals surface area contributed by atoms with Gasteiger partial charge in [-0.15, -0.1) is 0 Å². The summed E-state index contributed by atoms with van der Waals surface area (Å²) in [5.74, 6) is -0.453. The van der Waals surface area contributed by atoms with E-state index >= 15 is 0 Å². The number of nitrogens with zero attached hydrogens (tertiary/aromatic N) is 1. The van der Waals surface area contributed by atoms with Gasteiger partial charge in [-0.05, 0) is 18.9 Å². The molecule has 6 nitrogen and oxygen atoms in total. The number of carbonyl (C=O) groups is 2. The topological polar surface area (TPSA) is 80.2 Å². The minimum atomic E-state index is -0.287. The van der Waals surface area contributed by atoms with Gasteiger partial charge < -0.3 is 15.2 Å². The van der Waals surface area contributed by atoms with Crippen LogP contribution < -0.4 is 16.2 Å². The molecular weight excluding hydrogens is 294 g/mol. The van der Waals surface area contributed by atoms with Gasteiger partial charge in [0, 0.05) is 25.4 Å². The maximum absolute atomic E-state index is 12.2. The number of carbonyl (C=O) groups excluding carboxylic acids is 2. The Balaban J connectivity index is 1.98. The van der Waals surface area contributed by atoms with Crippen LogP contribution in [0.5, 0.6) is 0 Å². The first-order valence-corrected chi connectivity index (χ1v) is 8.32. The molecular formula is C17H25N3O3. The van der Waals surface area contributed by atoms with Crippen molar-refractivity contribution in [2.24, 2.45) is 0 Å². The van der Waals surface area contributed by atoms with E-state index in [0.717, 1.165) is 25.7 Å². The second-order valence-corrected chi connectivity index (χ2v) is 6.07. The van der Waals surface area contributed by atoms with Gasteiger partial charge in [0.2, 0.25) is 5.91 Å². The molecule has 2 amide bonds. The van der Waals surface area contributed by atoms with Crippen molar-refractivity contribution in [2.75, 3.05) is 7.05 Å². The lowest BCUT2D eigenvalue weighted by atomic mass is 9.97. The molecule has 1 aliphatic rings. The van der Waals surface area contributed by atoms with Gasteiger partial charge in [-0.1, -0.05) is 32.1 Å². The molecule has 0 bridgehead atoms. The fraction of sp³-hybridized carbons (Fsp3) is 0.588. The average Bonchev–Trinajstić information content (AvgIpc) is 2.51. The SMILES string of the molecule is CNC(=O)c1ccc(=O)n(CC(=O)NC2CCCCCCC2)c1. The molecule has 1 aromatic rings. The molecule has 1 aromatic heterocycles. The van der Waals surface area contributed by atoms with Gasteiger partial charge in [-0.25, -0.2) is 0 Å². The zero-order valence-electron chi connectivity index (χ0n) is 13.6. The van der Waals surface area contributed by atoms with Crippen molar-refractivity contribution >= 4 is 11.8 Å². The van der Waals surface area contributed by atoms with Crippen molar-refractivity contribution in [3.05, 3.63) is 34.2 Å². The van der Waals surface area contributed by atoms with Gasteiger partial charge in [0.25, 0.3) is 11.5 Å². The molecule has 0 aliphatic heterocycles. The first kappa shape index (κ1) is 17.2. The van der Waals surface area contributed by atoms with Crippen LogP contribution in [0.1, 0.15) is 55.3 Å². The Morgan fingerprint density at radius 2 is 1.78 bits per heavy atom. The van der Waals surface area contributed by atoms with Crippen LogP contribution in [0.15, 0.2) is 23.1 Å². The van der Waals surface area contributed by atoms with Crippen molar-refractivity contribution in [1.29, 1.82) is 0 Å². The van der Waals surface area contributed by atoms with E-state index in [-0.39, 0.29) is 30.0 Å². The third-order valence-corrected chi connectivity index (χ3v) is 4.26. The smallest absolute Gasteiger partial charge is 0.252 e. The van der Waals surface area contributed by atoms with Gasteiger partial charge in [0.05, 0.1) is 5.56 Å². The minimum Gasteiger partial charge on any atom is -0.355 e. The van der Waals surface area contributed by atoms with Crippen LogP contribution in [0, 0.1) is 0 Å². The van der Waals surface area contributed by atoms with E-state index in [1.165, 1.54) is 49.2 Å². The maximum atomic E-state index is 12.2. The lowest BCUT2D eigenvalue weighted by Crippen LogP contribution is -2.39. The van der Waals surface area contributed by atoms with Gasteiger partial charge in [-0.3, -0.25) is 14.4 Å². The molecule has 1 saturated carbocycles. The van der Waals surface area contributed by atoms with E-state index in [4.69, 9.17) is 0 Å². The van der Waals surface area contributed by atoms with Gasteiger partial charge in [0.1, 0.15) is 6.54 Å². The normalized spacial score (nSPS) is 16.2. The van der Waals surface area contributed by atoms with Crippen LogP contribution in [0.2, 0.25) is 0 Å². The van der Waals surface area contributed by atoms with E-state index < -0.39 is 0 Å². The highest BCUT2D eigenvalue weighted by molar-refractivity contribution is 5.93. The molecule has 1 heterocycles. The van der Waals surface area contributed by atoms with Crippen LogP contribution in [0.4, 0.5) is 0 Å². The Morgan fingerprint density at radius 3 is 2.43 bits per heavy atom. The van der Waals surface area contributed by atoms with Crippen LogP contribution in [0.25, 0.3) is 0 Å². The molecule has 0 aromatic carbocycles. The zero-order valence-corrected chi connectivity index (χ0v) is 13.6. The third kappa shape index (κ3) is 5.23. The Kier molecular flexibility index (Phi) is 6.38. The highest BCUT2D eigenvalue weighted by atomic mass is 16.2. The fourth-order valence-electron chi connectivity index (χ4n) is 2.96. The Labute approximate surface area is 136 Å². The Morgan fingerprint density at radius 1 is 1.13 bits per heavy atom. The van der Waals surface area contributed by atoms with Crippen molar-refractivity contribution in [2.45, 2.75) is 57.5 Å². The quantitative estimate of drug-likeness (QED) is 0.881. The number of amides is 2. The average molecular weight is 319 g/mol. The zero-order chi connectivity index (χ0) is 16.7. The molecule has 6 heteroatoms. The molecule has 2 N–H and O–H groups in total. The van der Waals surface area contributed by atoms with Gasteiger partial charge in [0.15, 0.2) is 0 Å². The van der Waals surface area contributed by atoms with Crippen molar-refractivity contribution in [1.82, 2.24) is 15.2 Å². The molecule has 0 spiro atoms. The lowest BCUT2D eigenvalue weighted by Gasteiger charge is -2.21. The number of rotatable bonds is 4. The van der Waals surface area contributed by atoms with E-state index in [1.807, 2.05) is 0 Å². The summed E-state index contributed by atoms with van der Waals surface area (Å²) in [4.78, 5) is 35.7. The van der Waals surface area contributed by atoms with Crippen molar-refractivity contribution < 1.29 is 9.59 Å². The van der Waals surface area contributed by atoms with Crippen LogP contribution in [-0.2, 0) is 11.3 Å². The number of aromatic nitrogens is 1. The Bertz CT molecular complexity index is 601. The summed E-state index contributed by atoms with van der Waals surface area (Å²) in [7, 11) is 1.53. The number of nitrogens with one attached hydrogen (secondary N) is 2. The highest BCUT2D eigenvalue weighted by Crippen LogP contribution is 2.17. The lowest BCUT2D eigenvalue weighted by molar-refractivity contribution is -0.122. The summed E-state index contributed by atoms with van der Waals surface area (Å²) in [6, 6.07) is 2.97. The minimum absolute atomic E-state index is 0.0554. The number of pyridine rings is 1. The predicted molar refractivity (Wildman–Crippen MR) is 88.3 cm³/mol. The maximum Gasteiger partial charge on any atom is 0.252 e. The largest absolute Gasteiger partial charge is 0.355 e. The number of hydrogen-bond acceptors (Lipinski definition) is 3. The summed E-state index contributed by atoms with van der Waals surface area (Å²) in [5, 5.41) is 5.53. The summed E-state index contributed by atoms with van der Waals surface area (Å²) in [6.45, 7) is -0.0554. The molecule has 0 radical (unpaired) electrons. The van der Waals surface area contributed by atoms with Crippen LogP contribution in [0.3, 0.4) is 0 Å². The summed E-state index contributed by atoms with van der Waals surface area (Å²) in [6.07, 6.45) is 9.42. The molecule has 0 saturated heterocycles. The standard InChI is InChI=1S/C17H25N3O3/c1-18-17(23)13-9-10-16(22)20(11-13)12-15(21)19-14-7-5-3-2-4-6-8-14/h9-11,14H,2-8,12H2,1H3,(H,18,23)(H,19,21). The molecule has 1 fully saturated rings. The summed E-state index contributed by atoms with van der Waals surface area (Å²) < 4.78 is 1.28. The highest BCUT2D eigenvalue weighted by Gasteiger charge is 2.15. The Hall–Kier alpha value is -2.11. The predicted octanol–water partition coefficient (Wildman–Crippen LogP) is 1.44. The van der Waals surface area contributed by atoms with E-state index in [9.17, 15) is 14.4 Å². The molecule has 0 unspecified atom stereocenters. The first-order chi connectivity index (χ1) is 11.1. The first-order valence-electron chi connectivity index (χ1n) is 8.32. The van der Waals surface area contributed by atoms with Crippen molar-refractivity contribution in [3.63, 3.8) is 0 Å². The van der Waals surface area contributed by atoms with Crippen molar-refractivity contribution in [3.8, 4) is 0 Å². The molecule has 23 heavy (non-hydrogen) atoms. The summed E-state index contributed by atoms with van der Waals surface area (Å²) >= 11 is 0. The van der Waals surface area contributed by atoms with Crippen LogP contribution >= 0.6 is 0 Å². The van der Waals surface area contributed by atoms with E-state index in [2.05, 4.69) is 10.6 Å². The molecule has 1 aliphatic carbocycles. The third-order valence-electron chi connectivity index (χ3n) is 4.26. The summed E-state index contributed by atoms with van der Waals surface area (Å²) in [5.41, 5.74) is 0.0799. The number of hydrogen-bond donors (Lipinski definition) is 2. The molecule has 126 valence electrons. The van der Waals surface area contributed by atoms with E-state index in [0.29, 0.717) is 5.56 Å².